The highest BCUT2D eigenvalue weighted by molar-refractivity contribution is 5.47. The standard InChI is InChI=1S/C12H20N2O/c1-10(15)6-7-14(2)12-5-3-4-11(8-12)9-13/h3-5,8,10,15H,6-7,9,13H2,1-2H3. The Labute approximate surface area is 91.5 Å². The third kappa shape index (κ3) is 3.90. The molecule has 3 heteroatoms. The zero-order valence-electron chi connectivity index (χ0n) is 9.48. The fourth-order valence-electron chi connectivity index (χ4n) is 1.43. The van der Waals surface area contributed by atoms with Crippen LogP contribution in [0.5, 0.6) is 0 Å². The summed E-state index contributed by atoms with van der Waals surface area (Å²) in [5.74, 6) is 0. The molecule has 1 aromatic rings. The summed E-state index contributed by atoms with van der Waals surface area (Å²) >= 11 is 0. The van der Waals surface area contributed by atoms with Crippen molar-refractivity contribution in [2.75, 3.05) is 18.5 Å². The number of nitrogens with zero attached hydrogens (tertiary/aromatic N) is 1. The molecule has 3 N–H and O–H groups in total. The van der Waals surface area contributed by atoms with Crippen LogP contribution in [0.4, 0.5) is 5.69 Å². The Morgan fingerprint density at radius 3 is 2.80 bits per heavy atom. The first kappa shape index (κ1) is 12.0. The van der Waals surface area contributed by atoms with Crippen LogP contribution in [0, 0.1) is 0 Å². The number of hydrogen-bond donors (Lipinski definition) is 2. The molecule has 0 spiro atoms. The predicted octanol–water partition coefficient (Wildman–Crippen LogP) is 1.35. The van der Waals surface area contributed by atoms with Crippen LogP contribution in [0.25, 0.3) is 0 Å². The van der Waals surface area contributed by atoms with E-state index in [9.17, 15) is 5.11 Å². The fourth-order valence-corrected chi connectivity index (χ4v) is 1.43. The van der Waals surface area contributed by atoms with Gasteiger partial charge in [-0.1, -0.05) is 12.1 Å². The first-order valence-electron chi connectivity index (χ1n) is 5.31. The number of aliphatic hydroxyl groups excluding tert-OH is 1. The lowest BCUT2D eigenvalue weighted by molar-refractivity contribution is 0.187. The average molecular weight is 208 g/mol. The summed E-state index contributed by atoms with van der Waals surface area (Å²) < 4.78 is 0. The van der Waals surface area contributed by atoms with Crippen LogP contribution in [-0.2, 0) is 6.54 Å². The second kappa shape index (κ2) is 5.73. The van der Waals surface area contributed by atoms with Crippen molar-refractivity contribution >= 4 is 5.69 Å². The number of benzene rings is 1. The molecule has 0 heterocycles. The van der Waals surface area contributed by atoms with Crippen molar-refractivity contribution in [3.63, 3.8) is 0 Å². The monoisotopic (exact) mass is 208 g/mol. The van der Waals surface area contributed by atoms with Crippen LogP contribution in [-0.4, -0.2) is 24.8 Å². The lowest BCUT2D eigenvalue weighted by Gasteiger charge is -2.20. The molecule has 1 atom stereocenters. The largest absolute Gasteiger partial charge is 0.393 e. The number of anilines is 1. The molecule has 0 aliphatic carbocycles. The van der Waals surface area contributed by atoms with E-state index < -0.39 is 0 Å². The normalized spacial score (nSPS) is 12.5. The molecule has 0 saturated carbocycles. The molecule has 0 saturated heterocycles. The molecule has 15 heavy (non-hydrogen) atoms. The molecule has 0 bridgehead atoms. The highest BCUT2D eigenvalue weighted by Gasteiger charge is 2.03. The summed E-state index contributed by atoms with van der Waals surface area (Å²) in [5, 5.41) is 9.20. The van der Waals surface area contributed by atoms with Crippen molar-refractivity contribution in [2.24, 2.45) is 5.73 Å². The minimum Gasteiger partial charge on any atom is -0.393 e. The van der Waals surface area contributed by atoms with Gasteiger partial charge in [0.2, 0.25) is 0 Å². The summed E-state index contributed by atoms with van der Waals surface area (Å²) in [5.41, 5.74) is 7.87. The average Bonchev–Trinajstić information content (AvgIpc) is 2.26. The quantitative estimate of drug-likeness (QED) is 0.768. The topological polar surface area (TPSA) is 49.5 Å². The van der Waals surface area contributed by atoms with Gasteiger partial charge in [-0.15, -0.1) is 0 Å². The Balaban J connectivity index is 2.60. The van der Waals surface area contributed by atoms with Gasteiger partial charge in [-0.25, -0.2) is 0 Å². The van der Waals surface area contributed by atoms with Crippen LogP contribution in [0.2, 0.25) is 0 Å². The molecule has 0 fully saturated rings. The third-order valence-corrected chi connectivity index (χ3v) is 2.47. The highest BCUT2D eigenvalue weighted by atomic mass is 16.3. The maximum atomic E-state index is 9.20. The van der Waals surface area contributed by atoms with Gasteiger partial charge in [0.15, 0.2) is 0 Å². The van der Waals surface area contributed by atoms with Gasteiger partial charge in [0.1, 0.15) is 0 Å². The molecule has 1 aromatic carbocycles. The van der Waals surface area contributed by atoms with E-state index in [1.54, 1.807) is 0 Å². The van der Waals surface area contributed by atoms with Crippen molar-refractivity contribution in [1.82, 2.24) is 0 Å². The maximum Gasteiger partial charge on any atom is 0.0528 e. The summed E-state index contributed by atoms with van der Waals surface area (Å²) in [6, 6.07) is 8.17. The molecule has 84 valence electrons. The number of rotatable bonds is 5. The number of aliphatic hydroxyl groups is 1. The SMILES string of the molecule is CC(O)CCN(C)c1cccc(CN)c1. The summed E-state index contributed by atoms with van der Waals surface area (Å²) in [6.45, 7) is 3.23. The second-order valence-electron chi connectivity index (χ2n) is 3.93. The molecule has 1 rings (SSSR count). The van der Waals surface area contributed by atoms with E-state index in [-0.39, 0.29) is 6.10 Å². The minimum atomic E-state index is -0.245. The van der Waals surface area contributed by atoms with Gasteiger partial charge in [0.05, 0.1) is 6.10 Å². The maximum absolute atomic E-state index is 9.20. The smallest absolute Gasteiger partial charge is 0.0528 e. The zero-order valence-corrected chi connectivity index (χ0v) is 9.48. The second-order valence-corrected chi connectivity index (χ2v) is 3.93. The van der Waals surface area contributed by atoms with E-state index in [1.165, 1.54) is 0 Å². The minimum absolute atomic E-state index is 0.245. The molecule has 0 radical (unpaired) electrons. The van der Waals surface area contributed by atoms with Gasteiger partial charge >= 0.3 is 0 Å². The van der Waals surface area contributed by atoms with Crippen molar-refractivity contribution in [2.45, 2.75) is 26.0 Å². The first-order chi connectivity index (χ1) is 7.13. The van der Waals surface area contributed by atoms with E-state index in [2.05, 4.69) is 17.0 Å². The van der Waals surface area contributed by atoms with Gasteiger partial charge < -0.3 is 15.7 Å². The lowest BCUT2D eigenvalue weighted by atomic mass is 10.2. The molecular formula is C12H20N2O. The number of nitrogens with two attached hydrogens (primary N) is 1. The van der Waals surface area contributed by atoms with E-state index in [1.807, 2.05) is 26.1 Å². The Hall–Kier alpha value is -1.06. The van der Waals surface area contributed by atoms with Crippen molar-refractivity contribution in [3.05, 3.63) is 29.8 Å². The van der Waals surface area contributed by atoms with Crippen molar-refractivity contribution < 1.29 is 5.11 Å². The van der Waals surface area contributed by atoms with Gasteiger partial charge in [-0.2, -0.15) is 0 Å². The molecule has 3 nitrogen and oxygen atoms in total. The molecule has 0 amide bonds. The summed E-state index contributed by atoms with van der Waals surface area (Å²) in [6.07, 6.45) is 0.536. The van der Waals surface area contributed by atoms with Crippen LogP contribution >= 0.6 is 0 Å². The lowest BCUT2D eigenvalue weighted by Crippen LogP contribution is -2.21. The van der Waals surface area contributed by atoms with Gasteiger partial charge in [-0.3, -0.25) is 0 Å². The molecule has 0 aliphatic heterocycles. The Kier molecular flexibility index (Phi) is 4.59. The van der Waals surface area contributed by atoms with E-state index >= 15 is 0 Å². The molecule has 0 aliphatic rings. The van der Waals surface area contributed by atoms with E-state index in [0.29, 0.717) is 6.54 Å². The van der Waals surface area contributed by atoms with E-state index in [0.717, 1.165) is 24.2 Å². The molecule has 0 aromatic heterocycles. The van der Waals surface area contributed by atoms with Gasteiger partial charge in [0.25, 0.3) is 0 Å². The van der Waals surface area contributed by atoms with Gasteiger partial charge in [0, 0.05) is 25.8 Å². The van der Waals surface area contributed by atoms with Gasteiger partial charge in [-0.05, 0) is 31.0 Å². The fraction of sp³-hybridized carbons (Fsp3) is 0.500. The molecule has 1 unspecified atom stereocenters. The van der Waals surface area contributed by atoms with E-state index in [4.69, 9.17) is 5.73 Å². The third-order valence-electron chi connectivity index (χ3n) is 2.47. The number of hydrogen-bond acceptors (Lipinski definition) is 3. The highest BCUT2D eigenvalue weighted by Crippen LogP contribution is 2.14. The van der Waals surface area contributed by atoms with Crippen molar-refractivity contribution in [3.8, 4) is 0 Å². The van der Waals surface area contributed by atoms with Crippen LogP contribution in [0.3, 0.4) is 0 Å². The van der Waals surface area contributed by atoms with Crippen LogP contribution in [0.1, 0.15) is 18.9 Å². The summed E-state index contributed by atoms with van der Waals surface area (Å²) in [4.78, 5) is 2.13. The Morgan fingerprint density at radius 1 is 1.47 bits per heavy atom. The first-order valence-corrected chi connectivity index (χ1v) is 5.31. The molecular weight excluding hydrogens is 188 g/mol. The Bertz CT molecular complexity index is 299. The predicted molar refractivity (Wildman–Crippen MR) is 63.9 cm³/mol. The Morgan fingerprint density at radius 2 is 2.20 bits per heavy atom. The van der Waals surface area contributed by atoms with Crippen LogP contribution in [0.15, 0.2) is 24.3 Å². The van der Waals surface area contributed by atoms with Crippen LogP contribution < -0.4 is 10.6 Å². The van der Waals surface area contributed by atoms with Crippen molar-refractivity contribution in [1.29, 1.82) is 0 Å². The zero-order chi connectivity index (χ0) is 11.3. The summed E-state index contributed by atoms with van der Waals surface area (Å²) in [7, 11) is 2.03.